The molecule has 0 fully saturated rings. The molecule has 178 valence electrons. The molecule has 0 aliphatic rings. The summed E-state index contributed by atoms with van der Waals surface area (Å²) < 4.78 is 35.3. The van der Waals surface area contributed by atoms with Crippen LogP contribution in [0.5, 0.6) is 11.8 Å². The highest BCUT2D eigenvalue weighted by Crippen LogP contribution is 2.37. The lowest BCUT2D eigenvalue weighted by molar-refractivity contribution is 0.368. The molecule has 0 radical (unpaired) electrons. The van der Waals surface area contributed by atoms with Crippen molar-refractivity contribution in [3.63, 3.8) is 0 Å². The van der Waals surface area contributed by atoms with Gasteiger partial charge in [0.15, 0.2) is 21.9 Å². The Labute approximate surface area is 206 Å². The van der Waals surface area contributed by atoms with Crippen LogP contribution in [-0.4, -0.2) is 54.2 Å². The molecule has 0 aliphatic carbocycles. The molecule has 4 aromatic rings. The summed E-state index contributed by atoms with van der Waals surface area (Å²) in [6, 6.07) is 3.50. The van der Waals surface area contributed by atoms with Gasteiger partial charge in [-0.1, -0.05) is 13.8 Å². The van der Waals surface area contributed by atoms with Crippen LogP contribution < -0.4 is 14.2 Å². The molecule has 11 nitrogen and oxygen atoms in total. The normalized spacial score (nSPS) is 12.9. The first-order chi connectivity index (χ1) is 16.4. The van der Waals surface area contributed by atoms with Crippen LogP contribution in [0.1, 0.15) is 25.6 Å². The van der Waals surface area contributed by atoms with Crippen LogP contribution in [0, 0.1) is 5.82 Å². The minimum absolute atomic E-state index is 0.0207. The topological polar surface area (TPSA) is 126 Å². The number of rotatable bonds is 9. The van der Waals surface area contributed by atoms with Crippen molar-refractivity contribution >= 4 is 33.8 Å². The maximum Gasteiger partial charge on any atom is 0.245 e. The van der Waals surface area contributed by atoms with E-state index in [0.29, 0.717) is 33.7 Å². The molecule has 4 aromatic heterocycles. The van der Waals surface area contributed by atoms with Gasteiger partial charge in [0, 0.05) is 11.2 Å². The van der Waals surface area contributed by atoms with E-state index in [1.807, 2.05) is 13.8 Å². The third-order valence-corrected chi connectivity index (χ3v) is 6.42. The first-order valence-corrected chi connectivity index (χ1v) is 11.6. The van der Waals surface area contributed by atoms with Gasteiger partial charge in [-0.2, -0.15) is 9.97 Å². The summed E-state index contributed by atoms with van der Waals surface area (Å²) in [6.45, 7) is 3.95. The van der Waals surface area contributed by atoms with E-state index < -0.39 is 5.82 Å². The van der Waals surface area contributed by atoms with Crippen molar-refractivity contribution in [1.29, 1.82) is 0 Å². The van der Waals surface area contributed by atoms with E-state index in [1.54, 1.807) is 16.7 Å². The summed E-state index contributed by atoms with van der Waals surface area (Å²) in [5.41, 5.74) is 0.394. The highest BCUT2D eigenvalue weighted by atomic mass is 79.9. The second-order valence-electron chi connectivity index (χ2n) is 7.00. The fourth-order valence-electron chi connectivity index (χ4n) is 3.01. The Hall–Kier alpha value is -3.26. The van der Waals surface area contributed by atoms with E-state index in [2.05, 4.69) is 50.8 Å². The van der Waals surface area contributed by atoms with E-state index in [4.69, 9.17) is 13.9 Å². The SMILES string of the molecule is COc1ncnc(OC)c1-n1c(NSC(C)C(C)c2ncc(F)cn2)nnc1-c1ccc(Br)o1. The molecule has 0 amide bonds. The third-order valence-electron chi connectivity index (χ3n) is 4.91. The summed E-state index contributed by atoms with van der Waals surface area (Å²) >= 11 is 4.69. The second-order valence-corrected chi connectivity index (χ2v) is 8.97. The van der Waals surface area contributed by atoms with Crippen molar-refractivity contribution in [3.8, 4) is 29.0 Å². The maximum absolute atomic E-state index is 13.2. The molecular formula is C20H20BrFN8O3S. The molecule has 0 bridgehead atoms. The number of furan rings is 1. The summed E-state index contributed by atoms with van der Waals surface area (Å²) in [5, 5.41) is 8.59. The smallest absolute Gasteiger partial charge is 0.245 e. The molecule has 0 aromatic carbocycles. The average Bonchev–Trinajstić information content (AvgIpc) is 3.47. The maximum atomic E-state index is 13.2. The number of hydrogen-bond acceptors (Lipinski definition) is 11. The van der Waals surface area contributed by atoms with Crippen molar-refractivity contribution in [2.45, 2.75) is 25.0 Å². The third kappa shape index (κ3) is 4.82. The number of anilines is 1. The Morgan fingerprint density at radius 1 is 1.06 bits per heavy atom. The summed E-state index contributed by atoms with van der Waals surface area (Å²) in [5.74, 6) is 1.67. The number of aromatic nitrogens is 7. The van der Waals surface area contributed by atoms with Gasteiger partial charge in [0.2, 0.25) is 23.5 Å². The van der Waals surface area contributed by atoms with Gasteiger partial charge in [0.25, 0.3) is 0 Å². The first-order valence-electron chi connectivity index (χ1n) is 9.96. The molecule has 4 rings (SSSR count). The zero-order valence-electron chi connectivity index (χ0n) is 18.6. The van der Waals surface area contributed by atoms with E-state index in [9.17, 15) is 4.39 Å². The van der Waals surface area contributed by atoms with E-state index in [0.717, 1.165) is 12.4 Å². The van der Waals surface area contributed by atoms with E-state index in [1.165, 1.54) is 32.5 Å². The molecule has 34 heavy (non-hydrogen) atoms. The molecule has 14 heteroatoms. The minimum atomic E-state index is -0.479. The fraction of sp³-hybridized carbons (Fsp3) is 0.300. The first kappa shape index (κ1) is 23.9. The van der Waals surface area contributed by atoms with E-state index >= 15 is 0 Å². The molecule has 0 saturated carbocycles. The number of nitrogens with one attached hydrogen (secondary N) is 1. The zero-order chi connectivity index (χ0) is 24.2. The van der Waals surface area contributed by atoms with Crippen molar-refractivity contribution in [1.82, 2.24) is 34.7 Å². The summed E-state index contributed by atoms with van der Waals surface area (Å²) in [7, 11) is 2.99. The van der Waals surface area contributed by atoms with Gasteiger partial charge >= 0.3 is 0 Å². The second kappa shape index (κ2) is 10.3. The molecule has 0 saturated heterocycles. The number of nitrogens with zero attached hydrogens (tertiary/aromatic N) is 7. The van der Waals surface area contributed by atoms with Gasteiger partial charge in [-0.15, -0.1) is 10.2 Å². The molecule has 2 atom stereocenters. The van der Waals surface area contributed by atoms with Crippen LogP contribution >= 0.6 is 27.9 Å². The highest BCUT2D eigenvalue weighted by molar-refractivity contribution is 9.10. The molecule has 0 spiro atoms. The molecule has 0 aliphatic heterocycles. The monoisotopic (exact) mass is 550 g/mol. The van der Waals surface area contributed by atoms with Crippen molar-refractivity contribution in [2.75, 3.05) is 18.9 Å². The minimum Gasteiger partial charge on any atom is -0.479 e. The predicted octanol–water partition coefficient (Wildman–Crippen LogP) is 4.28. The summed E-state index contributed by atoms with van der Waals surface area (Å²) in [6.07, 6.45) is 3.65. The van der Waals surface area contributed by atoms with Crippen LogP contribution in [0.2, 0.25) is 0 Å². The fourth-order valence-corrected chi connectivity index (χ4v) is 4.06. The van der Waals surface area contributed by atoms with Gasteiger partial charge in [-0.3, -0.25) is 4.72 Å². The average molecular weight is 551 g/mol. The highest BCUT2D eigenvalue weighted by Gasteiger charge is 2.27. The number of methoxy groups -OCH3 is 2. The van der Waals surface area contributed by atoms with Crippen LogP contribution in [-0.2, 0) is 0 Å². The Morgan fingerprint density at radius 2 is 1.74 bits per heavy atom. The van der Waals surface area contributed by atoms with Crippen LogP contribution in [0.15, 0.2) is 39.9 Å². The number of hydrogen-bond donors (Lipinski definition) is 1. The lowest BCUT2D eigenvalue weighted by atomic mass is 10.1. The Bertz CT molecular complexity index is 1250. The quantitative estimate of drug-likeness (QED) is 0.300. The van der Waals surface area contributed by atoms with Gasteiger partial charge in [0.1, 0.15) is 12.2 Å². The molecule has 2 unspecified atom stereocenters. The Kier molecular flexibility index (Phi) is 7.26. The van der Waals surface area contributed by atoms with Crippen LogP contribution in [0.25, 0.3) is 17.3 Å². The zero-order valence-corrected chi connectivity index (χ0v) is 21.0. The Balaban J connectivity index is 1.70. The molecular weight excluding hydrogens is 531 g/mol. The standard InChI is InChI=1S/C20H20BrFN8O3S/c1-10(16-23-7-12(22)8-24-16)11(2)34-29-20-28-27-17(13-5-6-14(21)33-13)30(20)15-18(31-3)25-9-26-19(15)32-4/h5-11H,1-4H3,(H,28,29). The number of ether oxygens (including phenoxy) is 2. The molecule has 1 N–H and O–H groups in total. The largest absolute Gasteiger partial charge is 0.479 e. The van der Waals surface area contributed by atoms with E-state index in [-0.39, 0.29) is 22.9 Å². The van der Waals surface area contributed by atoms with Gasteiger partial charge in [-0.25, -0.2) is 18.9 Å². The van der Waals surface area contributed by atoms with Crippen molar-refractivity contribution in [2.24, 2.45) is 0 Å². The van der Waals surface area contributed by atoms with Gasteiger partial charge in [-0.05, 0) is 40.0 Å². The van der Waals surface area contributed by atoms with Crippen LogP contribution in [0.3, 0.4) is 0 Å². The predicted molar refractivity (Wildman–Crippen MR) is 127 cm³/mol. The van der Waals surface area contributed by atoms with Crippen molar-refractivity contribution < 1.29 is 18.3 Å². The molecule has 4 heterocycles. The lowest BCUT2D eigenvalue weighted by Crippen LogP contribution is -2.15. The lowest BCUT2D eigenvalue weighted by Gasteiger charge is -2.19. The number of halogens is 2. The van der Waals surface area contributed by atoms with Crippen LogP contribution in [0.4, 0.5) is 10.3 Å². The Morgan fingerprint density at radius 3 is 2.32 bits per heavy atom. The summed E-state index contributed by atoms with van der Waals surface area (Å²) in [4.78, 5) is 16.6. The van der Waals surface area contributed by atoms with Gasteiger partial charge < -0.3 is 13.9 Å². The van der Waals surface area contributed by atoms with Crippen molar-refractivity contribution in [3.05, 3.63) is 47.2 Å². The van der Waals surface area contributed by atoms with Gasteiger partial charge in [0.05, 0.1) is 26.6 Å².